The minimum absolute atomic E-state index is 0.292. The third-order valence-corrected chi connectivity index (χ3v) is 6.04. The van der Waals surface area contributed by atoms with Crippen molar-refractivity contribution in [1.82, 2.24) is 5.32 Å². The first-order valence-electron chi connectivity index (χ1n) is 7.82. The highest BCUT2D eigenvalue weighted by molar-refractivity contribution is 9.10. The van der Waals surface area contributed by atoms with Crippen LogP contribution in [0.3, 0.4) is 0 Å². The van der Waals surface area contributed by atoms with E-state index in [2.05, 4.69) is 65.1 Å². The van der Waals surface area contributed by atoms with Gasteiger partial charge in [0, 0.05) is 34.8 Å². The third-order valence-electron chi connectivity index (χ3n) is 5.18. The Morgan fingerprint density at radius 2 is 2.15 bits per heavy atom. The van der Waals surface area contributed by atoms with Crippen LogP contribution >= 0.6 is 15.9 Å². The Balaban J connectivity index is 1.92. The zero-order valence-electron chi connectivity index (χ0n) is 12.7. The lowest BCUT2D eigenvalue weighted by atomic mass is 9.89. The molecule has 1 N–H and O–H groups in total. The van der Waals surface area contributed by atoms with E-state index in [0.29, 0.717) is 11.6 Å². The molecule has 1 aliphatic carbocycles. The van der Waals surface area contributed by atoms with Crippen molar-refractivity contribution in [2.75, 3.05) is 18.0 Å². The Morgan fingerprint density at radius 3 is 2.80 bits per heavy atom. The maximum Gasteiger partial charge on any atom is 0.0413 e. The lowest BCUT2D eigenvalue weighted by Gasteiger charge is -2.48. The van der Waals surface area contributed by atoms with E-state index in [-0.39, 0.29) is 0 Å². The Kier molecular flexibility index (Phi) is 3.85. The third kappa shape index (κ3) is 2.50. The van der Waals surface area contributed by atoms with Crippen molar-refractivity contribution in [3.05, 3.63) is 28.2 Å². The summed E-state index contributed by atoms with van der Waals surface area (Å²) in [6, 6.07) is 7.19. The molecule has 3 rings (SSSR count). The van der Waals surface area contributed by atoms with Gasteiger partial charge in [-0.2, -0.15) is 0 Å². The van der Waals surface area contributed by atoms with Crippen LogP contribution in [0.15, 0.2) is 22.7 Å². The first-order chi connectivity index (χ1) is 9.55. The molecule has 0 radical (unpaired) electrons. The van der Waals surface area contributed by atoms with Gasteiger partial charge in [-0.1, -0.05) is 28.9 Å². The molecule has 2 unspecified atom stereocenters. The monoisotopic (exact) mass is 336 g/mol. The van der Waals surface area contributed by atoms with Gasteiger partial charge >= 0.3 is 0 Å². The number of nitrogens with zero attached hydrogens (tertiary/aromatic N) is 1. The average Bonchev–Trinajstić information content (AvgIpc) is 3.27. The average molecular weight is 337 g/mol. The minimum atomic E-state index is 0.292. The molecule has 1 heterocycles. The highest BCUT2D eigenvalue weighted by Crippen LogP contribution is 2.43. The molecule has 1 aliphatic heterocycles. The Bertz CT molecular complexity index is 498. The van der Waals surface area contributed by atoms with Crippen LogP contribution in [0, 0.1) is 12.8 Å². The zero-order valence-corrected chi connectivity index (χ0v) is 14.3. The van der Waals surface area contributed by atoms with Crippen molar-refractivity contribution < 1.29 is 0 Å². The van der Waals surface area contributed by atoms with Crippen LogP contribution < -0.4 is 10.2 Å². The van der Waals surface area contributed by atoms with Crippen LogP contribution in [-0.2, 0) is 0 Å². The second kappa shape index (κ2) is 5.34. The number of rotatable bonds is 3. The fourth-order valence-electron chi connectivity index (χ4n) is 3.55. The molecule has 3 heteroatoms. The highest BCUT2D eigenvalue weighted by Gasteiger charge is 2.45. The summed E-state index contributed by atoms with van der Waals surface area (Å²) in [6.07, 6.45) is 3.98. The van der Waals surface area contributed by atoms with Crippen molar-refractivity contribution in [1.29, 1.82) is 0 Å². The van der Waals surface area contributed by atoms with E-state index in [0.717, 1.165) is 19.0 Å². The van der Waals surface area contributed by atoms with Crippen LogP contribution in [0.2, 0.25) is 0 Å². The van der Waals surface area contributed by atoms with Gasteiger partial charge in [-0.25, -0.2) is 0 Å². The molecular formula is C17H25BrN2. The van der Waals surface area contributed by atoms with E-state index in [1.165, 1.54) is 35.0 Å². The standard InChI is InChI=1S/C17H25BrN2/c1-4-14-10-19-17(3,13-8-9-13)11-20(14)16-7-5-6-15(18)12(16)2/h5-7,13-14,19H,4,8-11H2,1-3H3. The van der Waals surface area contributed by atoms with Gasteiger partial charge in [0.05, 0.1) is 0 Å². The van der Waals surface area contributed by atoms with Gasteiger partial charge in [0.2, 0.25) is 0 Å². The molecule has 1 saturated heterocycles. The number of halogens is 1. The summed E-state index contributed by atoms with van der Waals surface area (Å²) in [5.41, 5.74) is 3.06. The first-order valence-corrected chi connectivity index (χ1v) is 8.61. The van der Waals surface area contributed by atoms with Gasteiger partial charge in [0.25, 0.3) is 0 Å². The van der Waals surface area contributed by atoms with Gasteiger partial charge in [0.1, 0.15) is 0 Å². The van der Waals surface area contributed by atoms with Gasteiger partial charge < -0.3 is 10.2 Å². The van der Waals surface area contributed by atoms with Gasteiger partial charge in [-0.05, 0) is 56.7 Å². The predicted molar refractivity (Wildman–Crippen MR) is 89.4 cm³/mol. The molecule has 2 aliphatic rings. The molecule has 0 spiro atoms. The molecule has 1 aromatic rings. The van der Waals surface area contributed by atoms with Gasteiger partial charge in [-0.15, -0.1) is 0 Å². The highest BCUT2D eigenvalue weighted by atomic mass is 79.9. The Morgan fingerprint density at radius 1 is 1.40 bits per heavy atom. The summed E-state index contributed by atoms with van der Waals surface area (Å²) >= 11 is 3.68. The van der Waals surface area contributed by atoms with Crippen LogP contribution in [0.4, 0.5) is 5.69 Å². The topological polar surface area (TPSA) is 15.3 Å². The van der Waals surface area contributed by atoms with Crippen molar-refractivity contribution in [2.24, 2.45) is 5.92 Å². The van der Waals surface area contributed by atoms with Crippen LogP contribution in [0.5, 0.6) is 0 Å². The van der Waals surface area contributed by atoms with E-state index >= 15 is 0 Å². The zero-order chi connectivity index (χ0) is 14.3. The SMILES string of the molecule is CCC1CNC(C)(C2CC2)CN1c1cccc(Br)c1C. The molecule has 1 aromatic carbocycles. The van der Waals surface area contributed by atoms with E-state index in [1.807, 2.05) is 0 Å². The second-order valence-corrected chi connectivity index (χ2v) is 7.50. The van der Waals surface area contributed by atoms with Crippen molar-refractivity contribution >= 4 is 21.6 Å². The molecule has 0 amide bonds. The Hall–Kier alpha value is -0.540. The summed E-state index contributed by atoms with van der Waals surface area (Å²) in [5, 5.41) is 3.84. The van der Waals surface area contributed by atoms with Crippen LogP contribution in [0.25, 0.3) is 0 Å². The molecule has 2 atom stereocenters. The van der Waals surface area contributed by atoms with E-state index in [4.69, 9.17) is 0 Å². The summed E-state index contributed by atoms with van der Waals surface area (Å²) < 4.78 is 1.22. The smallest absolute Gasteiger partial charge is 0.0413 e. The van der Waals surface area contributed by atoms with Crippen LogP contribution in [-0.4, -0.2) is 24.7 Å². The molecular weight excluding hydrogens is 312 g/mol. The molecule has 0 bridgehead atoms. The summed E-state index contributed by atoms with van der Waals surface area (Å²) in [5.74, 6) is 0.871. The number of anilines is 1. The molecule has 20 heavy (non-hydrogen) atoms. The molecule has 110 valence electrons. The number of nitrogens with one attached hydrogen (secondary N) is 1. The maximum atomic E-state index is 3.84. The second-order valence-electron chi connectivity index (χ2n) is 6.65. The Labute approximate surface area is 131 Å². The fraction of sp³-hybridized carbons (Fsp3) is 0.647. The maximum absolute atomic E-state index is 3.84. The van der Waals surface area contributed by atoms with Crippen molar-refractivity contribution in [2.45, 2.75) is 51.6 Å². The van der Waals surface area contributed by atoms with Crippen molar-refractivity contribution in [3.8, 4) is 0 Å². The summed E-state index contributed by atoms with van der Waals surface area (Å²) in [6.45, 7) is 9.18. The van der Waals surface area contributed by atoms with Gasteiger partial charge in [-0.3, -0.25) is 0 Å². The summed E-state index contributed by atoms with van der Waals surface area (Å²) in [7, 11) is 0. The van der Waals surface area contributed by atoms with E-state index < -0.39 is 0 Å². The molecule has 0 aromatic heterocycles. The lowest BCUT2D eigenvalue weighted by molar-refractivity contribution is 0.252. The minimum Gasteiger partial charge on any atom is -0.365 e. The number of hydrogen-bond donors (Lipinski definition) is 1. The number of piperazine rings is 1. The molecule has 2 fully saturated rings. The number of benzene rings is 1. The fourth-order valence-corrected chi connectivity index (χ4v) is 3.90. The predicted octanol–water partition coefficient (Wildman–Crippen LogP) is 4.11. The first kappa shape index (κ1) is 14.4. The normalized spacial score (nSPS) is 30.6. The number of hydrogen-bond acceptors (Lipinski definition) is 2. The molecule has 1 saturated carbocycles. The van der Waals surface area contributed by atoms with Crippen LogP contribution in [0.1, 0.15) is 38.7 Å². The van der Waals surface area contributed by atoms with Crippen molar-refractivity contribution in [3.63, 3.8) is 0 Å². The lowest BCUT2D eigenvalue weighted by Crippen LogP contribution is -2.64. The van der Waals surface area contributed by atoms with Gasteiger partial charge in [0.15, 0.2) is 0 Å². The van der Waals surface area contributed by atoms with E-state index in [1.54, 1.807) is 0 Å². The quantitative estimate of drug-likeness (QED) is 0.893. The summed E-state index contributed by atoms with van der Waals surface area (Å²) in [4.78, 5) is 2.65. The van der Waals surface area contributed by atoms with E-state index in [9.17, 15) is 0 Å². The largest absolute Gasteiger partial charge is 0.365 e. The molecule has 2 nitrogen and oxygen atoms in total.